The molecular formula is C15H9NO2. The lowest BCUT2D eigenvalue weighted by Crippen LogP contribution is -2.27. The maximum absolute atomic E-state index is 12.4. The highest BCUT2D eigenvalue weighted by Gasteiger charge is 2.17. The van der Waals surface area contributed by atoms with E-state index in [0.717, 1.165) is 21.1 Å². The molecule has 0 saturated carbocycles. The van der Waals surface area contributed by atoms with E-state index in [-0.39, 0.29) is 0 Å². The first-order valence-corrected chi connectivity index (χ1v) is 5.77. The van der Waals surface area contributed by atoms with Crippen LogP contribution in [0.15, 0.2) is 59.0 Å². The third-order valence-corrected chi connectivity index (χ3v) is 3.24. The van der Waals surface area contributed by atoms with Crippen LogP contribution in [0.5, 0.6) is 0 Å². The molecular weight excluding hydrogens is 226 g/mol. The Labute approximate surface area is 102 Å². The average molecular weight is 235 g/mol. The maximum atomic E-state index is 12.4. The van der Waals surface area contributed by atoms with Gasteiger partial charge in [-0.3, -0.25) is 0 Å². The minimum atomic E-state index is 0.601. The third-order valence-electron chi connectivity index (χ3n) is 3.24. The number of pyridine rings is 1. The first-order valence-electron chi connectivity index (χ1n) is 5.77. The molecule has 2 aromatic heterocycles. The Bertz CT molecular complexity index is 893. The molecule has 0 fully saturated rings. The van der Waals surface area contributed by atoms with E-state index >= 15 is 0 Å². The van der Waals surface area contributed by atoms with Crippen molar-refractivity contribution in [1.29, 1.82) is 0 Å². The van der Waals surface area contributed by atoms with Crippen molar-refractivity contribution in [2.24, 2.45) is 0 Å². The van der Waals surface area contributed by atoms with Gasteiger partial charge in [0.05, 0.1) is 10.8 Å². The Balaban J connectivity index is 2.34. The van der Waals surface area contributed by atoms with Crippen molar-refractivity contribution in [2.75, 3.05) is 0 Å². The van der Waals surface area contributed by atoms with E-state index in [1.165, 1.54) is 0 Å². The van der Waals surface area contributed by atoms with E-state index in [9.17, 15) is 5.21 Å². The van der Waals surface area contributed by atoms with Gasteiger partial charge in [0, 0.05) is 12.1 Å². The van der Waals surface area contributed by atoms with Crippen molar-refractivity contribution in [1.82, 2.24) is 0 Å². The molecule has 0 aliphatic heterocycles. The van der Waals surface area contributed by atoms with Gasteiger partial charge in [-0.05, 0) is 18.2 Å². The lowest BCUT2D eigenvalue weighted by molar-refractivity contribution is -0.547. The molecule has 3 nitrogen and oxygen atoms in total. The minimum Gasteiger partial charge on any atom is -0.618 e. The quantitative estimate of drug-likeness (QED) is 0.346. The Morgan fingerprint density at radius 2 is 1.67 bits per heavy atom. The smallest absolute Gasteiger partial charge is 0.271 e. The number of hydrogen-bond acceptors (Lipinski definition) is 2. The molecule has 2 aromatic carbocycles. The monoisotopic (exact) mass is 235 g/mol. The predicted octanol–water partition coefficient (Wildman–Crippen LogP) is 3.37. The van der Waals surface area contributed by atoms with E-state index < -0.39 is 0 Å². The largest absolute Gasteiger partial charge is 0.618 e. The SMILES string of the molecule is [O-][n+]1c2ccccc2cc2oc3ccccc3c21. The standard InChI is InChI=1S/C15H9NO2/c17-16-12-7-3-1-5-10(12)9-14-15(16)11-6-2-4-8-13(11)18-14/h1-9H. The summed E-state index contributed by atoms with van der Waals surface area (Å²) in [4.78, 5) is 0. The van der Waals surface area contributed by atoms with Crippen LogP contribution in [0.4, 0.5) is 0 Å². The molecule has 2 heterocycles. The molecule has 3 heteroatoms. The molecule has 0 radical (unpaired) electrons. The molecule has 0 atom stereocenters. The summed E-state index contributed by atoms with van der Waals surface area (Å²) in [7, 11) is 0. The van der Waals surface area contributed by atoms with Crippen molar-refractivity contribution >= 4 is 33.0 Å². The summed E-state index contributed by atoms with van der Waals surface area (Å²) in [6.45, 7) is 0. The molecule has 0 saturated heterocycles. The second-order valence-corrected chi connectivity index (χ2v) is 4.31. The summed E-state index contributed by atoms with van der Waals surface area (Å²) in [5.41, 5.74) is 2.64. The Hall–Kier alpha value is -2.55. The van der Waals surface area contributed by atoms with Crippen molar-refractivity contribution in [3.05, 3.63) is 59.8 Å². The third kappa shape index (κ3) is 1.10. The van der Waals surface area contributed by atoms with Crippen molar-refractivity contribution in [3.8, 4) is 0 Å². The Kier molecular flexibility index (Phi) is 1.70. The van der Waals surface area contributed by atoms with Gasteiger partial charge < -0.3 is 9.62 Å². The summed E-state index contributed by atoms with van der Waals surface area (Å²) in [6.07, 6.45) is 0. The van der Waals surface area contributed by atoms with Crippen LogP contribution in [0.1, 0.15) is 0 Å². The molecule has 0 N–H and O–H groups in total. The molecule has 0 spiro atoms. The molecule has 4 aromatic rings. The van der Waals surface area contributed by atoms with Crippen molar-refractivity contribution in [2.45, 2.75) is 0 Å². The number of para-hydroxylation sites is 2. The van der Waals surface area contributed by atoms with E-state index in [1.807, 2.05) is 54.6 Å². The number of nitrogens with zero attached hydrogens (tertiary/aromatic N) is 1. The molecule has 0 aliphatic carbocycles. The van der Waals surface area contributed by atoms with Crippen LogP contribution >= 0.6 is 0 Å². The summed E-state index contributed by atoms with van der Waals surface area (Å²) in [5, 5.41) is 14.2. The Morgan fingerprint density at radius 1 is 0.889 bits per heavy atom. The summed E-state index contributed by atoms with van der Waals surface area (Å²) in [6, 6.07) is 17.0. The van der Waals surface area contributed by atoms with Gasteiger partial charge in [-0.2, -0.15) is 4.73 Å². The summed E-state index contributed by atoms with van der Waals surface area (Å²) in [5.74, 6) is 0. The highest BCUT2D eigenvalue weighted by Crippen LogP contribution is 2.28. The van der Waals surface area contributed by atoms with Gasteiger partial charge in [0.15, 0.2) is 0 Å². The number of rotatable bonds is 0. The van der Waals surface area contributed by atoms with E-state index in [1.54, 1.807) is 0 Å². The van der Waals surface area contributed by atoms with Crippen molar-refractivity contribution < 1.29 is 9.15 Å². The predicted molar refractivity (Wildman–Crippen MR) is 70.2 cm³/mol. The summed E-state index contributed by atoms with van der Waals surface area (Å²) >= 11 is 0. The number of aromatic nitrogens is 1. The van der Waals surface area contributed by atoms with Gasteiger partial charge in [-0.25, -0.2) is 0 Å². The highest BCUT2D eigenvalue weighted by molar-refractivity contribution is 6.03. The number of furan rings is 1. The van der Waals surface area contributed by atoms with Crippen molar-refractivity contribution in [3.63, 3.8) is 0 Å². The second-order valence-electron chi connectivity index (χ2n) is 4.31. The first-order chi connectivity index (χ1) is 8.84. The molecule has 0 amide bonds. The molecule has 0 bridgehead atoms. The first kappa shape index (κ1) is 9.48. The lowest BCUT2D eigenvalue weighted by Gasteiger charge is -2.01. The molecule has 0 aliphatic rings. The molecule has 0 unspecified atom stereocenters. The highest BCUT2D eigenvalue weighted by atomic mass is 16.5. The van der Waals surface area contributed by atoms with Gasteiger partial charge in [-0.15, -0.1) is 0 Å². The lowest BCUT2D eigenvalue weighted by atomic mass is 10.2. The van der Waals surface area contributed by atoms with E-state index in [0.29, 0.717) is 16.6 Å². The fourth-order valence-electron chi connectivity index (χ4n) is 2.41. The van der Waals surface area contributed by atoms with Crippen LogP contribution in [0.3, 0.4) is 0 Å². The zero-order valence-corrected chi connectivity index (χ0v) is 9.46. The fourth-order valence-corrected chi connectivity index (χ4v) is 2.41. The van der Waals surface area contributed by atoms with Crippen LogP contribution in [-0.4, -0.2) is 0 Å². The van der Waals surface area contributed by atoms with Gasteiger partial charge in [0.2, 0.25) is 11.1 Å². The minimum absolute atomic E-state index is 0.601. The fraction of sp³-hybridized carbons (Fsp3) is 0. The number of fused-ring (bicyclic) bond motifs is 4. The zero-order valence-electron chi connectivity index (χ0n) is 9.46. The van der Waals surface area contributed by atoms with E-state index in [4.69, 9.17) is 4.42 Å². The average Bonchev–Trinajstić information content (AvgIpc) is 2.77. The van der Waals surface area contributed by atoms with Crippen LogP contribution in [0.2, 0.25) is 0 Å². The molecule has 4 rings (SSSR count). The normalized spacial score (nSPS) is 11.6. The van der Waals surface area contributed by atoms with Gasteiger partial charge in [0.1, 0.15) is 5.58 Å². The van der Waals surface area contributed by atoms with Crippen LogP contribution in [0.25, 0.3) is 33.0 Å². The number of benzene rings is 2. The maximum Gasteiger partial charge on any atom is 0.271 e. The molecule has 86 valence electrons. The number of hydrogen-bond donors (Lipinski definition) is 0. The summed E-state index contributed by atoms with van der Waals surface area (Å²) < 4.78 is 6.68. The second kappa shape index (κ2) is 3.23. The van der Waals surface area contributed by atoms with Crippen LogP contribution in [0, 0.1) is 5.21 Å². The van der Waals surface area contributed by atoms with Gasteiger partial charge in [0.25, 0.3) is 5.52 Å². The van der Waals surface area contributed by atoms with Gasteiger partial charge >= 0.3 is 0 Å². The van der Waals surface area contributed by atoms with Crippen LogP contribution in [-0.2, 0) is 0 Å². The topological polar surface area (TPSA) is 40.1 Å². The van der Waals surface area contributed by atoms with E-state index in [2.05, 4.69) is 0 Å². The zero-order chi connectivity index (χ0) is 12.1. The van der Waals surface area contributed by atoms with Crippen LogP contribution < -0.4 is 4.73 Å². The molecule has 18 heavy (non-hydrogen) atoms. The Morgan fingerprint density at radius 3 is 2.61 bits per heavy atom. The van der Waals surface area contributed by atoms with Gasteiger partial charge in [-0.1, -0.05) is 24.3 Å².